The lowest BCUT2D eigenvalue weighted by Gasteiger charge is -2.06. The number of aromatic hydroxyl groups is 2. The molecule has 0 aromatic heterocycles. The molecule has 2 N–H and O–H groups in total. The minimum Gasteiger partial charge on any atom is -0.508 e. The fourth-order valence-corrected chi connectivity index (χ4v) is 1.66. The van der Waals surface area contributed by atoms with Crippen molar-refractivity contribution in [1.82, 2.24) is 0 Å². The van der Waals surface area contributed by atoms with Gasteiger partial charge in [0, 0.05) is 6.07 Å². The molecule has 2 aromatic rings. The van der Waals surface area contributed by atoms with Gasteiger partial charge >= 0.3 is 0 Å². The number of aldehydes is 1. The topological polar surface area (TPSA) is 66.8 Å². The van der Waals surface area contributed by atoms with Crippen LogP contribution >= 0.6 is 0 Å². The van der Waals surface area contributed by atoms with Gasteiger partial charge in [0.1, 0.15) is 23.5 Å². The Balaban J connectivity index is 2.25. The predicted octanol–water partition coefficient (Wildman–Crippen LogP) is 3.03. The summed E-state index contributed by atoms with van der Waals surface area (Å²) < 4.78 is 5.44. The first-order valence-corrected chi connectivity index (χ1v) is 6.01. The molecule has 0 bridgehead atoms. The zero-order valence-corrected chi connectivity index (χ0v) is 10.9. The van der Waals surface area contributed by atoms with Gasteiger partial charge in [0.2, 0.25) is 0 Å². The minimum absolute atomic E-state index is 0.0938. The molecule has 0 amide bonds. The first-order valence-electron chi connectivity index (χ1n) is 6.01. The van der Waals surface area contributed by atoms with Gasteiger partial charge in [-0.25, -0.2) is 0 Å². The van der Waals surface area contributed by atoms with Crippen LogP contribution in [0.15, 0.2) is 48.7 Å². The zero-order chi connectivity index (χ0) is 14.5. The lowest BCUT2D eigenvalue weighted by molar-refractivity contribution is -0.103. The number of benzene rings is 2. The average molecular weight is 270 g/mol. The summed E-state index contributed by atoms with van der Waals surface area (Å²) >= 11 is 0. The summed E-state index contributed by atoms with van der Waals surface area (Å²) in [5.74, 6) is 0.697. The monoisotopic (exact) mass is 270 g/mol. The molecule has 0 aliphatic heterocycles. The third-order valence-electron chi connectivity index (χ3n) is 2.81. The lowest BCUT2D eigenvalue weighted by Crippen LogP contribution is -1.92. The second-order valence-corrected chi connectivity index (χ2v) is 4.31. The molecule has 0 heterocycles. The molecular weight excluding hydrogens is 256 g/mol. The molecule has 20 heavy (non-hydrogen) atoms. The summed E-state index contributed by atoms with van der Waals surface area (Å²) in [5.41, 5.74) is 1.82. The van der Waals surface area contributed by atoms with Crippen LogP contribution in [0.1, 0.15) is 11.1 Å². The Morgan fingerprint density at radius 1 is 1.05 bits per heavy atom. The molecule has 0 atom stereocenters. The van der Waals surface area contributed by atoms with Crippen LogP contribution in [0.25, 0.3) is 5.57 Å². The number of hydrogen-bond donors (Lipinski definition) is 2. The van der Waals surface area contributed by atoms with Gasteiger partial charge in [0.15, 0.2) is 6.29 Å². The van der Waals surface area contributed by atoms with E-state index in [9.17, 15) is 15.0 Å². The quantitative estimate of drug-likeness (QED) is 0.509. The number of phenols is 2. The van der Waals surface area contributed by atoms with Crippen molar-refractivity contribution >= 4 is 11.9 Å². The van der Waals surface area contributed by atoms with Crippen LogP contribution in [-0.4, -0.2) is 16.5 Å². The molecule has 0 radical (unpaired) electrons. The van der Waals surface area contributed by atoms with Gasteiger partial charge < -0.3 is 14.9 Å². The smallest absolute Gasteiger partial charge is 0.153 e. The maximum atomic E-state index is 11.1. The number of carbonyl (C=O) groups is 1. The fraction of sp³-hybridized carbons (Fsp3) is 0.0625. The van der Waals surface area contributed by atoms with E-state index in [0.717, 1.165) is 5.56 Å². The van der Waals surface area contributed by atoms with E-state index in [-0.39, 0.29) is 11.5 Å². The van der Waals surface area contributed by atoms with Gasteiger partial charge in [-0.1, -0.05) is 18.2 Å². The van der Waals surface area contributed by atoms with Crippen LogP contribution in [0.4, 0.5) is 0 Å². The Bertz CT molecular complexity index is 642. The molecule has 0 aliphatic carbocycles. The zero-order valence-electron chi connectivity index (χ0n) is 10.9. The summed E-state index contributed by atoms with van der Waals surface area (Å²) in [6, 6.07) is 11.0. The van der Waals surface area contributed by atoms with Crippen molar-refractivity contribution in [3.05, 3.63) is 59.9 Å². The van der Waals surface area contributed by atoms with Crippen LogP contribution < -0.4 is 4.74 Å². The van der Waals surface area contributed by atoms with Gasteiger partial charge in [-0.2, -0.15) is 0 Å². The third kappa shape index (κ3) is 3.17. The standard InChI is InChI=1S/C16H14O4/c1-11-2-5-15(19)8-16(11)20-10-13(9-17)12-3-6-14(18)7-4-12/h2-10,18-19H,1H3/b13-10+. The maximum Gasteiger partial charge on any atom is 0.153 e. The number of hydrogen-bond acceptors (Lipinski definition) is 4. The SMILES string of the molecule is Cc1ccc(O)cc1O/C=C(\C=O)c1ccc(O)cc1. The van der Waals surface area contributed by atoms with Gasteiger partial charge in [-0.3, -0.25) is 4.79 Å². The number of phenolic OH excluding ortho intramolecular Hbond substituents is 2. The maximum absolute atomic E-state index is 11.1. The highest BCUT2D eigenvalue weighted by Crippen LogP contribution is 2.24. The van der Waals surface area contributed by atoms with Crippen molar-refractivity contribution in [2.45, 2.75) is 6.92 Å². The van der Waals surface area contributed by atoms with Crippen LogP contribution in [0.3, 0.4) is 0 Å². The number of carbonyl (C=O) groups excluding carboxylic acids is 1. The summed E-state index contributed by atoms with van der Waals surface area (Å²) in [7, 11) is 0. The second kappa shape index (κ2) is 5.93. The van der Waals surface area contributed by atoms with E-state index in [1.165, 1.54) is 24.5 Å². The lowest BCUT2D eigenvalue weighted by atomic mass is 10.1. The number of allylic oxidation sites excluding steroid dienone is 1. The Morgan fingerprint density at radius 2 is 1.70 bits per heavy atom. The highest BCUT2D eigenvalue weighted by Gasteiger charge is 2.04. The number of rotatable bonds is 4. The van der Waals surface area contributed by atoms with E-state index in [0.29, 0.717) is 23.2 Å². The van der Waals surface area contributed by atoms with Crippen molar-refractivity contribution in [3.8, 4) is 17.2 Å². The van der Waals surface area contributed by atoms with Crippen molar-refractivity contribution < 1.29 is 19.7 Å². The van der Waals surface area contributed by atoms with E-state index in [1.54, 1.807) is 24.3 Å². The van der Waals surface area contributed by atoms with Crippen LogP contribution in [0.5, 0.6) is 17.2 Å². The predicted molar refractivity (Wildman–Crippen MR) is 75.6 cm³/mol. The number of ether oxygens (including phenoxy) is 1. The van der Waals surface area contributed by atoms with Crippen LogP contribution in [0, 0.1) is 6.92 Å². The van der Waals surface area contributed by atoms with Gasteiger partial charge in [0.25, 0.3) is 0 Å². The summed E-state index contributed by atoms with van der Waals surface area (Å²) in [5, 5.41) is 18.6. The Kier molecular flexibility index (Phi) is 4.05. The molecule has 0 saturated heterocycles. The molecule has 4 heteroatoms. The van der Waals surface area contributed by atoms with Crippen molar-refractivity contribution in [3.63, 3.8) is 0 Å². The van der Waals surface area contributed by atoms with Gasteiger partial charge in [0.05, 0.1) is 5.57 Å². The molecular formula is C16H14O4. The summed E-state index contributed by atoms with van der Waals surface area (Å²) in [6.45, 7) is 1.84. The highest BCUT2D eigenvalue weighted by atomic mass is 16.5. The normalized spacial score (nSPS) is 11.2. The molecule has 0 spiro atoms. The highest BCUT2D eigenvalue weighted by molar-refractivity contribution is 6.06. The molecule has 4 nitrogen and oxygen atoms in total. The Hall–Kier alpha value is -2.75. The second-order valence-electron chi connectivity index (χ2n) is 4.31. The largest absolute Gasteiger partial charge is 0.508 e. The Morgan fingerprint density at radius 3 is 2.35 bits per heavy atom. The van der Waals surface area contributed by atoms with Crippen LogP contribution in [-0.2, 0) is 4.79 Å². The molecule has 0 aliphatic rings. The van der Waals surface area contributed by atoms with E-state index < -0.39 is 0 Å². The van der Waals surface area contributed by atoms with Gasteiger partial charge in [-0.15, -0.1) is 0 Å². The van der Waals surface area contributed by atoms with E-state index >= 15 is 0 Å². The van der Waals surface area contributed by atoms with Crippen molar-refractivity contribution in [2.24, 2.45) is 0 Å². The molecule has 102 valence electrons. The molecule has 2 aromatic carbocycles. The van der Waals surface area contributed by atoms with E-state index in [2.05, 4.69) is 0 Å². The average Bonchev–Trinajstić information content (AvgIpc) is 2.45. The van der Waals surface area contributed by atoms with E-state index in [1.807, 2.05) is 6.92 Å². The molecule has 0 unspecified atom stereocenters. The van der Waals surface area contributed by atoms with Crippen molar-refractivity contribution in [2.75, 3.05) is 0 Å². The molecule has 0 fully saturated rings. The van der Waals surface area contributed by atoms with Crippen LogP contribution in [0.2, 0.25) is 0 Å². The van der Waals surface area contributed by atoms with Gasteiger partial charge in [-0.05, 0) is 36.2 Å². The molecule has 0 saturated carbocycles. The Labute approximate surface area is 116 Å². The van der Waals surface area contributed by atoms with E-state index in [4.69, 9.17) is 4.74 Å². The first-order chi connectivity index (χ1) is 9.60. The number of aryl methyl sites for hydroxylation is 1. The first kappa shape index (κ1) is 13.7. The fourth-order valence-electron chi connectivity index (χ4n) is 1.66. The molecule has 2 rings (SSSR count). The summed E-state index contributed by atoms with van der Waals surface area (Å²) in [4.78, 5) is 11.1. The summed E-state index contributed by atoms with van der Waals surface area (Å²) in [6.07, 6.45) is 1.99. The third-order valence-corrected chi connectivity index (χ3v) is 2.81. The van der Waals surface area contributed by atoms with Crippen molar-refractivity contribution in [1.29, 1.82) is 0 Å². The minimum atomic E-state index is 0.0938.